The van der Waals surface area contributed by atoms with Crippen molar-refractivity contribution >= 4 is 11.5 Å². The van der Waals surface area contributed by atoms with E-state index < -0.39 is 0 Å². The quantitative estimate of drug-likeness (QED) is 0.762. The molecule has 4 heterocycles. The van der Waals surface area contributed by atoms with Crippen LogP contribution in [0.3, 0.4) is 0 Å². The van der Waals surface area contributed by atoms with Gasteiger partial charge in [-0.2, -0.15) is 0 Å². The van der Waals surface area contributed by atoms with Crippen molar-refractivity contribution in [3.8, 4) is 0 Å². The summed E-state index contributed by atoms with van der Waals surface area (Å²) < 4.78 is 5.52. The zero-order valence-corrected chi connectivity index (χ0v) is 13.2. The van der Waals surface area contributed by atoms with Gasteiger partial charge in [0, 0.05) is 55.5 Å². The van der Waals surface area contributed by atoms with Gasteiger partial charge in [-0.25, -0.2) is 9.98 Å². The van der Waals surface area contributed by atoms with E-state index in [1.807, 2.05) is 6.20 Å². The van der Waals surface area contributed by atoms with Crippen LogP contribution in [-0.2, 0) is 4.74 Å². The monoisotopic (exact) mass is 314 g/mol. The van der Waals surface area contributed by atoms with Crippen molar-refractivity contribution in [2.24, 2.45) is 10.7 Å². The molecule has 3 aliphatic heterocycles. The molecule has 1 saturated heterocycles. The number of nitrogens with two attached hydrogens (primary N) is 1. The number of imidazole rings is 1. The molecule has 0 aliphatic carbocycles. The number of rotatable bonds is 2. The standard InChI is InChI=1S/C16H22N6O/c1-10-13-8-11(14-18-4-5-19-14)9-22(12-2-6-23-7-3-12)15(13)21-16(17)20-10/h4-5,9,12,15H,2-3,6-8H2,1H3,(H,18,19)(H3,17,20,21). The SMILES string of the molecule is CC1=C2CC(c3ncc[nH]3)=CN(C3CCOCC3)C2N=C(N)N1. The summed E-state index contributed by atoms with van der Waals surface area (Å²) in [4.78, 5) is 14.6. The molecule has 1 fully saturated rings. The van der Waals surface area contributed by atoms with Crippen LogP contribution in [0.25, 0.3) is 5.57 Å². The Morgan fingerprint density at radius 2 is 2.17 bits per heavy atom. The van der Waals surface area contributed by atoms with Gasteiger partial charge in [0.1, 0.15) is 12.0 Å². The molecule has 3 aliphatic rings. The summed E-state index contributed by atoms with van der Waals surface area (Å²) in [5.41, 5.74) is 9.51. The number of guanidine groups is 1. The maximum absolute atomic E-state index is 5.97. The Labute approximate surface area is 135 Å². The molecule has 0 aromatic carbocycles. The van der Waals surface area contributed by atoms with Crippen LogP contribution in [0.4, 0.5) is 0 Å². The number of nitrogens with one attached hydrogen (secondary N) is 2. The van der Waals surface area contributed by atoms with Crippen LogP contribution >= 0.6 is 0 Å². The summed E-state index contributed by atoms with van der Waals surface area (Å²) in [6.07, 6.45) is 8.68. The summed E-state index contributed by atoms with van der Waals surface area (Å²) in [6.45, 7) is 3.66. The van der Waals surface area contributed by atoms with Gasteiger partial charge in [0.25, 0.3) is 0 Å². The zero-order valence-electron chi connectivity index (χ0n) is 13.2. The van der Waals surface area contributed by atoms with E-state index in [9.17, 15) is 0 Å². The van der Waals surface area contributed by atoms with Crippen molar-refractivity contribution in [3.63, 3.8) is 0 Å². The average Bonchev–Trinajstić information content (AvgIpc) is 3.09. The van der Waals surface area contributed by atoms with Gasteiger partial charge < -0.3 is 25.7 Å². The van der Waals surface area contributed by atoms with Gasteiger partial charge in [-0.15, -0.1) is 0 Å². The number of aromatic amines is 1. The maximum Gasteiger partial charge on any atom is 0.195 e. The molecule has 1 aromatic heterocycles. The van der Waals surface area contributed by atoms with Crippen LogP contribution in [-0.4, -0.2) is 46.2 Å². The van der Waals surface area contributed by atoms with Crippen molar-refractivity contribution in [3.05, 3.63) is 35.7 Å². The van der Waals surface area contributed by atoms with Crippen molar-refractivity contribution in [1.82, 2.24) is 20.2 Å². The second-order valence-corrected chi connectivity index (χ2v) is 6.22. The maximum atomic E-state index is 5.97. The first-order valence-corrected chi connectivity index (χ1v) is 8.08. The minimum absolute atomic E-state index is 0.0157. The molecule has 122 valence electrons. The summed E-state index contributed by atoms with van der Waals surface area (Å²) in [6, 6.07) is 0.413. The van der Waals surface area contributed by atoms with E-state index in [0.29, 0.717) is 12.0 Å². The topological polar surface area (TPSA) is 91.6 Å². The van der Waals surface area contributed by atoms with Crippen LogP contribution in [0, 0.1) is 0 Å². The van der Waals surface area contributed by atoms with E-state index in [0.717, 1.165) is 44.0 Å². The fourth-order valence-electron chi connectivity index (χ4n) is 3.55. The first-order chi connectivity index (χ1) is 11.2. The molecular formula is C16H22N6O. The molecule has 1 aromatic rings. The molecule has 4 rings (SSSR count). The molecule has 0 bridgehead atoms. The van der Waals surface area contributed by atoms with Crippen LogP contribution in [0.2, 0.25) is 0 Å². The zero-order chi connectivity index (χ0) is 15.8. The Kier molecular flexibility index (Phi) is 3.57. The summed E-state index contributed by atoms with van der Waals surface area (Å²) in [5, 5.41) is 3.17. The lowest BCUT2D eigenvalue weighted by Gasteiger charge is -2.43. The summed E-state index contributed by atoms with van der Waals surface area (Å²) in [7, 11) is 0. The average molecular weight is 314 g/mol. The molecule has 1 unspecified atom stereocenters. The van der Waals surface area contributed by atoms with Gasteiger partial charge in [0.15, 0.2) is 5.96 Å². The highest BCUT2D eigenvalue weighted by Crippen LogP contribution is 2.36. The van der Waals surface area contributed by atoms with Gasteiger partial charge in [0.05, 0.1) is 0 Å². The third-order valence-corrected chi connectivity index (χ3v) is 4.75. The van der Waals surface area contributed by atoms with E-state index >= 15 is 0 Å². The highest BCUT2D eigenvalue weighted by molar-refractivity contribution is 5.82. The first kappa shape index (κ1) is 14.3. The highest BCUT2D eigenvalue weighted by Gasteiger charge is 2.35. The summed E-state index contributed by atoms with van der Waals surface area (Å²) in [5.74, 6) is 1.41. The third kappa shape index (κ3) is 2.61. The first-order valence-electron chi connectivity index (χ1n) is 8.08. The Morgan fingerprint density at radius 1 is 1.35 bits per heavy atom. The highest BCUT2D eigenvalue weighted by atomic mass is 16.5. The van der Waals surface area contributed by atoms with Crippen molar-refractivity contribution in [2.45, 2.75) is 38.4 Å². The third-order valence-electron chi connectivity index (χ3n) is 4.75. The number of fused-ring (bicyclic) bond motifs is 1. The number of nitrogens with zero attached hydrogens (tertiary/aromatic N) is 3. The normalized spacial score (nSPS) is 25.6. The molecular weight excluding hydrogens is 292 g/mol. The van der Waals surface area contributed by atoms with E-state index in [4.69, 9.17) is 10.5 Å². The number of allylic oxidation sites excluding steroid dienone is 2. The molecule has 4 N–H and O–H groups in total. The minimum atomic E-state index is -0.0157. The number of hydrogen-bond donors (Lipinski definition) is 3. The van der Waals surface area contributed by atoms with E-state index in [2.05, 4.69) is 38.3 Å². The smallest absolute Gasteiger partial charge is 0.195 e. The lowest BCUT2D eigenvalue weighted by atomic mass is 9.93. The molecule has 1 atom stereocenters. The van der Waals surface area contributed by atoms with Crippen molar-refractivity contribution in [2.75, 3.05) is 13.2 Å². The molecule has 0 radical (unpaired) electrons. The molecule has 7 heteroatoms. The van der Waals surface area contributed by atoms with Crippen LogP contribution in [0.15, 0.2) is 34.9 Å². The lowest BCUT2D eigenvalue weighted by Crippen LogP contribution is -2.49. The molecule has 0 amide bonds. The van der Waals surface area contributed by atoms with Crippen molar-refractivity contribution in [1.29, 1.82) is 0 Å². The van der Waals surface area contributed by atoms with Gasteiger partial charge in [-0.1, -0.05) is 0 Å². The van der Waals surface area contributed by atoms with E-state index in [-0.39, 0.29) is 6.17 Å². The molecule has 0 spiro atoms. The van der Waals surface area contributed by atoms with Gasteiger partial charge in [0.2, 0.25) is 0 Å². The predicted molar refractivity (Wildman–Crippen MR) is 88.1 cm³/mol. The minimum Gasteiger partial charge on any atom is -0.381 e. The Bertz CT molecular complexity index is 669. The molecule has 0 saturated carbocycles. The number of aliphatic imine (C=N–C) groups is 1. The number of aromatic nitrogens is 2. The molecule has 7 nitrogen and oxygen atoms in total. The van der Waals surface area contributed by atoms with E-state index in [1.54, 1.807) is 6.20 Å². The number of hydrogen-bond acceptors (Lipinski definition) is 6. The van der Waals surface area contributed by atoms with E-state index in [1.165, 1.54) is 11.1 Å². The molecule has 23 heavy (non-hydrogen) atoms. The second kappa shape index (κ2) is 5.73. The van der Waals surface area contributed by atoms with Crippen LogP contribution in [0.1, 0.15) is 32.0 Å². The summed E-state index contributed by atoms with van der Waals surface area (Å²) >= 11 is 0. The Hall–Kier alpha value is -2.28. The fraction of sp³-hybridized carbons (Fsp3) is 0.500. The predicted octanol–water partition coefficient (Wildman–Crippen LogP) is 1.15. The fourth-order valence-corrected chi connectivity index (χ4v) is 3.55. The van der Waals surface area contributed by atoms with Crippen LogP contribution in [0.5, 0.6) is 0 Å². The Morgan fingerprint density at radius 3 is 2.91 bits per heavy atom. The number of ether oxygens (including phenoxy) is 1. The number of H-pyrrole nitrogens is 1. The lowest BCUT2D eigenvalue weighted by molar-refractivity contribution is 0.0409. The largest absolute Gasteiger partial charge is 0.381 e. The van der Waals surface area contributed by atoms with Crippen molar-refractivity contribution < 1.29 is 4.74 Å². The Balaban J connectivity index is 1.75. The van der Waals surface area contributed by atoms with Gasteiger partial charge >= 0.3 is 0 Å². The van der Waals surface area contributed by atoms with Crippen LogP contribution < -0.4 is 11.1 Å². The van der Waals surface area contributed by atoms with Gasteiger partial charge in [-0.3, -0.25) is 0 Å². The second-order valence-electron chi connectivity index (χ2n) is 6.22. The van der Waals surface area contributed by atoms with Gasteiger partial charge in [-0.05, 0) is 25.3 Å².